The Balaban J connectivity index is 1.77. The summed E-state index contributed by atoms with van der Waals surface area (Å²) < 4.78 is 4.83. The Morgan fingerprint density at radius 1 is 1.11 bits per heavy atom. The zero-order valence-corrected chi connectivity index (χ0v) is 28.4. The van der Waals surface area contributed by atoms with Gasteiger partial charge in [0.15, 0.2) is 0 Å². The van der Waals surface area contributed by atoms with Gasteiger partial charge < -0.3 is 24.5 Å². The van der Waals surface area contributed by atoms with E-state index in [4.69, 9.17) is 4.74 Å². The van der Waals surface area contributed by atoms with Gasteiger partial charge in [-0.3, -0.25) is 14.4 Å². The van der Waals surface area contributed by atoms with Crippen LogP contribution in [0.2, 0.25) is 0 Å². The topological polar surface area (TPSA) is 90.4 Å². The summed E-state index contributed by atoms with van der Waals surface area (Å²) in [5, 5.41) is 10.0. The first-order valence-corrected chi connectivity index (χ1v) is 16.7. The maximum Gasteiger partial charge on any atom is 0.247 e. The van der Waals surface area contributed by atoms with Crippen LogP contribution >= 0.6 is 11.8 Å². The molecule has 3 saturated heterocycles. The number of amides is 3. The molecule has 1 aromatic rings. The Bertz CT molecular complexity index is 1260. The number of hydrogen-bond donors (Lipinski definition) is 1. The number of thioether (sulfide) groups is 1. The van der Waals surface area contributed by atoms with E-state index >= 15 is 0 Å². The Kier molecular flexibility index (Phi) is 10.0. The van der Waals surface area contributed by atoms with Crippen molar-refractivity contribution in [2.75, 3.05) is 37.7 Å². The van der Waals surface area contributed by atoms with Crippen LogP contribution in [-0.2, 0) is 14.4 Å². The predicted molar refractivity (Wildman–Crippen MR) is 178 cm³/mol. The highest BCUT2D eigenvalue weighted by Crippen LogP contribution is 2.69. The van der Waals surface area contributed by atoms with Gasteiger partial charge in [-0.2, -0.15) is 0 Å². The molecule has 0 radical (unpaired) electrons. The maximum absolute atomic E-state index is 14.9. The number of aliphatic hydroxyl groups is 1. The lowest BCUT2D eigenvalue weighted by Gasteiger charge is -2.47. The molecular formula is C35H51N3O5S. The second kappa shape index (κ2) is 12.9. The van der Waals surface area contributed by atoms with Gasteiger partial charge in [0.1, 0.15) is 11.8 Å². The first kappa shape index (κ1) is 34.1. The predicted octanol–water partition coefficient (Wildman–Crippen LogP) is 5.16. The number of carbonyl (C=O) groups is 3. The van der Waals surface area contributed by atoms with Crippen molar-refractivity contribution < 1.29 is 24.2 Å². The van der Waals surface area contributed by atoms with Crippen LogP contribution in [0.5, 0.6) is 5.75 Å². The summed E-state index contributed by atoms with van der Waals surface area (Å²) in [6.45, 7) is 23.4. The molecule has 3 fully saturated rings. The lowest BCUT2D eigenvalue weighted by molar-refractivity contribution is -0.147. The minimum Gasteiger partial charge on any atom is -0.494 e. The van der Waals surface area contributed by atoms with E-state index in [-0.39, 0.29) is 47.5 Å². The molecule has 3 heterocycles. The van der Waals surface area contributed by atoms with Crippen LogP contribution in [-0.4, -0.2) is 87.1 Å². The van der Waals surface area contributed by atoms with Crippen LogP contribution < -0.4 is 9.64 Å². The molecular weight excluding hydrogens is 574 g/mol. The van der Waals surface area contributed by atoms with E-state index in [2.05, 4.69) is 54.7 Å². The fourth-order valence-electron chi connectivity index (χ4n) is 8.26. The van der Waals surface area contributed by atoms with Crippen LogP contribution in [0.25, 0.3) is 0 Å². The van der Waals surface area contributed by atoms with Crippen molar-refractivity contribution >= 4 is 35.2 Å². The quantitative estimate of drug-likeness (QED) is 0.305. The SMILES string of the molecule is C=CCN(C(=O)[C@@H]1[C@@H]2CC(C)C3(S2)C(C(=O)N(CC=C)C(C)(C)CC(C)(C)C)N(CCO)C(=O)[C@H]13)c1ccc(OCC)cc1. The largest absolute Gasteiger partial charge is 0.494 e. The smallest absolute Gasteiger partial charge is 0.247 e. The monoisotopic (exact) mass is 625 g/mol. The fourth-order valence-corrected chi connectivity index (χ4v) is 10.7. The molecule has 3 aliphatic heterocycles. The second-order valence-corrected chi connectivity index (χ2v) is 15.8. The van der Waals surface area contributed by atoms with Crippen LogP contribution in [0.3, 0.4) is 0 Å². The van der Waals surface area contributed by atoms with Crippen molar-refractivity contribution in [2.45, 2.75) is 82.9 Å². The molecule has 3 aliphatic rings. The van der Waals surface area contributed by atoms with E-state index in [9.17, 15) is 19.5 Å². The van der Waals surface area contributed by atoms with Gasteiger partial charge in [0.05, 0.1) is 29.8 Å². The summed E-state index contributed by atoms with van der Waals surface area (Å²) in [4.78, 5) is 49.0. The molecule has 1 spiro atoms. The summed E-state index contributed by atoms with van der Waals surface area (Å²) in [5.41, 5.74) is 0.154. The zero-order chi connectivity index (χ0) is 32.6. The molecule has 4 rings (SSSR count). The van der Waals surface area contributed by atoms with Crippen molar-refractivity contribution in [3.63, 3.8) is 0 Å². The fraction of sp³-hybridized carbons (Fsp3) is 0.629. The third-order valence-electron chi connectivity index (χ3n) is 9.41. The van der Waals surface area contributed by atoms with Gasteiger partial charge >= 0.3 is 0 Å². The molecule has 0 aliphatic carbocycles. The molecule has 8 nitrogen and oxygen atoms in total. The van der Waals surface area contributed by atoms with E-state index in [1.807, 2.05) is 36.1 Å². The van der Waals surface area contributed by atoms with Gasteiger partial charge in [0.25, 0.3) is 0 Å². The van der Waals surface area contributed by atoms with E-state index in [1.165, 1.54) is 0 Å². The zero-order valence-electron chi connectivity index (χ0n) is 27.5. The summed E-state index contributed by atoms with van der Waals surface area (Å²) in [6, 6.07) is 6.61. The number of fused-ring (bicyclic) bond motifs is 1. The highest BCUT2D eigenvalue weighted by molar-refractivity contribution is 8.02. The Labute approximate surface area is 267 Å². The Morgan fingerprint density at radius 3 is 2.30 bits per heavy atom. The van der Waals surface area contributed by atoms with Crippen molar-refractivity contribution in [1.29, 1.82) is 0 Å². The number of aliphatic hydroxyl groups excluding tert-OH is 1. The number of hydrogen-bond acceptors (Lipinski definition) is 6. The molecule has 44 heavy (non-hydrogen) atoms. The number of β-amino-alcohol motifs (C(OH)–C–C–N with tert-alkyl or cyclic N) is 1. The van der Waals surface area contributed by atoms with Gasteiger partial charge in [-0.1, -0.05) is 39.8 Å². The van der Waals surface area contributed by atoms with Crippen molar-refractivity contribution in [1.82, 2.24) is 9.80 Å². The standard InChI is InChI=1S/C35H51N3O5S/c1-10-17-36(24-13-15-25(16-14-24)43-12-3)30(40)27-26-21-23(4)35(44-26)28(27)31(41)37(19-20-39)29(35)32(42)38(18-11-2)34(8,9)22-33(5,6)7/h10-11,13-16,23,26-29,39H,1-2,12,17-22H2,3-9H3/t23?,26-,27+,28-,29?,35?/m0/s1. The third-order valence-corrected chi connectivity index (χ3v) is 11.5. The molecule has 0 aromatic heterocycles. The number of anilines is 1. The van der Waals surface area contributed by atoms with Gasteiger partial charge in [-0.05, 0) is 69.2 Å². The molecule has 1 N–H and O–H groups in total. The average molecular weight is 626 g/mol. The normalized spacial score (nSPS) is 27.7. The van der Waals surface area contributed by atoms with Gasteiger partial charge in [0, 0.05) is 36.1 Å². The van der Waals surface area contributed by atoms with E-state index < -0.39 is 28.2 Å². The Hall–Kier alpha value is -2.78. The number of nitrogens with zero attached hydrogens (tertiary/aromatic N) is 3. The first-order valence-electron chi connectivity index (χ1n) is 15.8. The average Bonchev–Trinajstić information content (AvgIpc) is 3.53. The molecule has 6 atom stereocenters. The van der Waals surface area contributed by atoms with E-state index in [0.717, 1.165) is 18.6 Å². The molecule has 3 amide bonds. The summed E-state index contributed by atoms with van der Waals surface area (Å²) >= 11 is 1.65. The van der Waals surface area contributed by atoms with Crippen LogP contribution in [0.15, 0.2) is 49.6 Å². The van der Waals surface area contributed by atoms with Gasteiger partial charge in [-0.15, -0.1) is 24.9 Å². The minimum absolute atomic E-state index is 0.0304. The molecule has 1 aromatic carbocycles. The first-order chi connectivity index (χ1) is 20.7. The highest BCUT2D eigenvalue weighted by atomic mass is 32.2. The van der Waals surface area contributed by atoms with Crippen molar-refractivity contribution in [3.8, 4) is 5.75 Å². The van der Waals surface area contributed by atoms with E-state index in [1.54, 1.807) is 33.7 Å². The molecule has 2 bridgehead atoms. The lowest BCUT2D eigenvalue weighted by atomic mass is 9.65. The van der Waals surface area contributed by atoms with Crippen LogP contribution in [0.1, 0.15) is 61.3 Å². The summed E-state index contributed by atoms with van der Waals surface area (Å²) in [5.74, 6) is -0.989. The third kappa shape index (κ3) is 5.94. The number of ether oxygens (including phenoxy) is 1. The molecule has 9 heteroatoms. The Morgan fingerprint density at radius 2 is 1.75 bits per heavy atom. The number of likely N-dealkylation sites (tertiary alicyclic amines) is 1. The number of rotatable bonds is 13. The van der Waals surface area contributed by atoms with Gasteiger partial charge in [-0.25, -0.2) is 0 Å². The number of benzene rings is 1. The maximum atomic E-state index is 14.9. The van der Waals surface area contributed by atoms with Gasteiger partial charge in [0.2, 0.25) is 17.7 Å². The second-order valence-electron chi connectivity index (χ2n) is 14.3. The molecule has 3 unspecified atom stereocenters. The number of carbonyl (C=O) groups excluding carboxylic acids is 3. The van der Waals surface area contributed by atoms with Crippen molar-refractivity contribution in [3.05, 3.63) is 49.6 Å². The molecule has 242 valence electrons. The molecule has 0 saturated carbocycles. The minimum atomic E-state index is -0.785. The lowest BCUT2D eigenvalue weighted by Crippen LogP contribution is -2.61. The van der Waals surface area contributed by atoms with Crippen LogP contribution in [0, 0.1) is 23.2 Å². The van der Waals surface area contributed by atoms with E-state index in [0.29, 0.717) is 25.4 Å². The summed E-state index contributed by atoms with van der Waals surface area (Å²) in [6.07, 6.45) is 4.92. The van der Waals surface area contributed by atoms with Crippen molar-refractivity contribution in [2.24, 2.45) is 23.2 Å². The highest BCUT2D eigenvalue weighted by Gasteiger charge is 2.76. The van der Waals surface area contributed by atoms with Crippen LogP contribution in [0.4, 0.5) is 5.69 Å². The summed E-state index contributed by atoms with van der Waals surface area (Å²) in [7, 11) is 0.